The quantitative estimate of drug-likeness (QED) is 0.722. The average molecular weight is 246 g/mol. The van der Waals surface area contributed by atoms with Gasteiger partial charge in [0.1, 0.15) is 5.82 Å². The van der Waals surface area contributed by atoms with Gasteiger partial charge in [-0.2, -0.15) is 0 Å². The number of rotatable bonds is 7. The van der Waals surface area contributed by atoms with Crippen LogP contribution in [0.1, 0.15) is 25.7 Å². The zero-order valence-electron chi connectivity index (χ0n) is 9.18. The lowest BCUT2D eigenvalue weighted by molar-refractivity contribution is 0.283. The van der Waals surface area contributed by atoms with Crippen molar-refractivity contribution >= 4 is 17.3 Å². The van der Waals surface area contributed by atoms with Crippen LogP contribution in [0.25, 0.3) is 0 Å². The molecule has 0 saturated carbocycles. The maximum absolute atomic E-state index is 12.9. The van der Waals surface area contributed by atoms with Gasteiger partial charge in [-0.05, 0) is 31.0 Å². The van der Waals surface area contributed by atoms with Crippen molar-refractivity contribution in [2.45, 2.75) is 25.7 Å². The first-order chi connectivity index (χ1) is 7.74. The molecule has 4 heteroatoms. The number of aliphatic hydroxyl groups is 1. The number of anilines is 1. The molecule has 0 aliphatic carbocycles. The summed E-state index contributed by atoms with van der Waals surface area (Å²) >= 11 is 5.90. The van der Waals surface area contributed by atoms with Crippen molar-refractivity contribution in [3.05, 3.63) is 29.0 Å². The van der Waals surface area contributed by atoms with Gasteiger partial charge in [-0.1, -0.05) is 24.4 Å². The lowest BCUT2D eigenvalue weighted by Gasteiger charge is -2.08. The summed E-state index contributed by atoms with van der Waals surface area (Å²) in [4.78, 5) is 0. The highest BCUT2D eigenvalue weighted by atomic mass is 35.5. The van der Waals surface area contributed by atoms with Crippen LogP contribution in [0.4, 0.5) is 10.1 Å². The van der Waals surface area contributed by atoms with Crippen LogP contribution in [0.15, 0.2) is 18.2 Å². The molecule has 0 radical (unpaired) electrons. The second-order valence-corrected chi connectivity index (χ2v) is 4.10. The molecular weight excluding hydrogens is 229 g/mol. The fraction of sp³-hybridized carbons (Fsp3) is 0.500. The smallest absolute Gasteiger partial charge is 0.125 e. The van der Waals surface area contributed by atoms with Crippen molar-refractivity contribution in [3.8, 4) is 0 Å². The third kappa shape index (κ3) is 4.81. The Morgan fingerprint density at radius 1 is 1.19 bits per heavy atom. The molecule has 0 atom stereocenters. The predicted molar refractivity (Wildman–Crippen MR) is 65.5 cm³/mol. The third-order valence-corrected chi connectivity index (χ3v) is 2.66. The summed E-state index contributed by atoms with van der Waals surface area (Å²) in [7, 11) is 0. The summed E-state index contributed by atoms with van der Waals surface area (Å²) in [5.41, 5.74) is 0.642. The zero-order valence-corrected chi connectivity index (χ0v) is 9.93. The van der Waals surface area contributed by atoms with E-state index in [0.717, 1.165) is 32.2 Å². The number of hydrogen-bond acceptors (Lipinski definition) is 2. The molecule has 0 spiro atoms. The van der Waals surface area contributed by atoms with E-state index in [1.54, 1.807) is 6.07 Å². The Morgan fingerprint density at radius 2 is 1.94 bits per heavy atom. The van der Waals surface area contributed by atoms with Gasteiger partial charge in [0.15, 0.2) is 0 Å². The molecule has 90 valence electrons. The zero-order chi connectivity index (χ0) is 11.8. The first-order valence-electron chi connectivity index (χ1n) is 5.54. The van der Waals surface area contributed by atoms with E-state index < -0.39 is 0 Å². The average Bonchev–Trinajstić information content (AvgIpc) is 2.28. The molecule has 0 unspecified atom stereocenters. The Morgan fingerprint density at radius 3 is 2.69 bits per heavy atom. The van der Waals surface area contributed by atoms with Crippen molar-refractivity contribution in [1.29, 1.82) is 0 Å². The third-order valence-electron chi connectivity index (χ3n) is 2.33. The highest BCUT2D eigenvalue weighted by molar-refractivity contribution is 6.33. The molecule has 0 aliphatic heterocycles. The summed E-state index contributed by atoms with van der Waals surface area (Å²) in [5.74, 6) is -0.285. The highest BCUT2D eigenvalue weighted by Crippen LogP contribution is 2.22. The van der Waals surface area contributed by atoms with Gasteiger partial charge in [0.25, 0.3) is 0 Å². The minimum Gasteiger partial charge on any atom is -0.396 e. The normalized spacial score (nSPS) is 10.4. The van der Waals surface area contributed by atoms with Gasteiger partial charge in [0.05, 0.1) is 10.7 Å². The van der Waals surface area contributed by atoms with Crippen molar-refractivity contribution in [1.82, 2.24) is 0 Å². The Hall–Kier alpha value is -0.800. The molecule has 0 aliphatic rings. The molecule has 2 N–H and O–H groups in total. The van der Waals surface area contributed by atoms with Gasteiger partial charge in [0, 0.05) is 13.2 Å². The first-order valence-corrected chi connectivity index (χ1v) is 5.91. The molecule has 16 heavy (non-hydrogen) atoms. The van der Waals surface area contributed by atoms with Crippen molar-refractivity contribution in [3.63, 3.8) is 0 Å². The SMILES string of the molecule is OCCCCCCNc1cc(F)ccc1Cl. The van der Waals surface area contributed by atoms with Crippen LogP contribution in [-0.2, 0) is 0 Å². The monoisotopic (exact) mass is 245 g/mol. The minimum atomic E-state index is -0.285. The van der Waals surface area contributed by atoms with E-state index in [4.69, 9.17) is 16.7 Å². The predicted octanol–water partition coefficient (Wildman–Crippen LogP) is 3.44. The molecular formula is C12H17ClFNO. The van der Waals surface area contributed by atoms with Crippen LogP contribution in [0, 0.1) is 5.82 Å². The molecule has 0 aromatic heterocycles. The van der Waals surface area contributed by atoms with Crippen LogP contribution in [0.3, 0.4) is 0 Å². The Balaban J connectivity index is 2.23. The van der Waals surface area contributed by atoms with Crippen LogP contribution >= 0.6 is 11.6 Å². The lowest BCUT2D eigenvalue weighted by Crippen LogP contribution is -2.02. The molecule has 0 heterocycles. The van der Waals surface area contributed by atoms with Gasteiger partial charge in [0.2, 0.25) is 0 Å². The van der Waals surface area contributed by atoms with E-state index in [0.29, 0.717) is 10.7 Å². The molecule has 0 fully saturated rings. The van der Waals surface area contributed by atoms with E-state index in [1.807, 2.05) is 0 Å². The topological polar surface area (TPSA) is 32.3 Å². The molecule has 0 bridgehead atoms. The maximum Gasteiger partial charge on any atom is 0.125 e. The second kappa shape index (κ2) is 7.47. The molecule has 0 saturated heterocycles. The fourth-order valence-corrected chi connectivity index (χ4v) is 1.63. The van der Waals surface area contributed by atoms with E-state index >= 15 is 0 Å². The van der Waals surface area contributed by atoms with Gasteiger partial charge < -0.3 is 10.4 Å². The van der Waals surface area contributed by atoms with E-state index in [-0.39, 0.29) is 12.4 Å². The number of aliphatic hydroxyl groups excluding tert-OH is 1. The molecule has 0 amide bonds. The highest BCUT2D eigenvalue weighted by Gasteiger charge is 2.00. The summed E-state index contributed by atoms with van der Waals surface area (Å²) in [5, 5.41) is 12.2. The number of unbranched alkanes of at least 4 members (excludes halogenated alkanes) is 3. The molecule has 1 aromatic carbocycles. The Bertz CT molecular complexity index is 320. The number of hydrogen-bond donors (Lipinski definition) is 2. The molecule has 1 rings (SSSR count). The number of benzene rings is 1. The number of nitrogens with one attached hydrogen (secondary N) is 1. The van der Waals surface area contributed by atoms with E-state index in [9.17, 15) is 4.39 Å². The minimum absolute atomic E-state index is 0.253. The first kappa shape index (κ1) is 13.3. The second-order valence-electron chi connectivity index (χ2n) is 3.69. The number of halogens is 2. The summed E-state index contributed by atoms with van der Waals surface area (Å²) in [6.07, 6.45) is 3.92. The lowest BCUT2D eigenvalue weighted by atomic mass is 10.2. The summed E-state index contributed by atoms with van der Waals surface area (Å²) in [6.45, 7) is 1.03. The fourth-order valence-electron chi connectivity index (χ4n) is 1.45. The maximum atomic E-state index is 12.9. The van der Waals surface area contributed by atoms with Crippen molar-refractivity contribution in [2.75, 3.05) is 18.5 Å². The Kier molecular flexibility index (Phi) is 6.19. The molecule has 1 aromatic rings. The van der Waals surface area contributed by atoms with Gasteiger partial charge in [-0.25, -0.2) is 4.39 Å². The van der Waals surface area contributed by atoms with E-state index in [2.05, 4.69) is 5.32 Å². The summed E-state index contributed by atoms with van der Waals surface area (Å²) in [6, 6.07) is 4.29. The van der Waals surface area contributed by atoms with Crippen LogP contribution in [0.2, 0.25) is 5.02 Å². The summed E-state index contributed by atoms with van der Waals surface area (Å²) < 4.78 is 12.9. The van der Waals surface area contributed by atoms with E-state index in [1.165, 1.54) is 12.1 Å². The van der Waals surface area contributed by atoms with Crippen molar-refractivity contribution in [2.24, 2.45) is 0 Å². The largest absolute Gasteiger partial charge is 0.396 e. The van der Waals surface area contributed by atoms with Crippen LogP contribution in [-0.4, -0.2) is 18.3 Å². The van der Waals surface area contributed by atoms with Gasteiger partial charge in [-0.15, -0.1) is 0 Å². The van der Waals surface area contributed by atoms with Gasteiger partial charge >= 0.3 is 0 Å². The van der Waals surface area contributed by atoms with Crippen LogP contribution in [0.5, 0.6) is 0 Å². The van der Waals surface area contributed by atoms with Crippen molar-refractivity contribution < 1.29 is 9.50 Å². The standard InChI is InChI=1S/C12H17ClFNO/c13-11-6-5-10(14)9-12(11)15-7-3-1-2-4-8-16/h5-6,9,15-16H,1-4,7-8H2. The molecule has 2 nitrogen and oxygen atoms in total. The van der Waals surface area contributed by atoms with Gasteiger partial charge in [-0.3, -0.25) is 0 Å². The van der Waals surface area contributed by atoms with Crippen LogP contribution < -0.4 is 5.32 Å². The Labute approximate surface area is 100 Å².